The Morgan fingerprint density at radius 2 is 2.21 bits per heavy atom. The second kappa shape index (κ2) is 4.35. The lowest BCUT2D eigenvalue weighted by Gasteiger charge is -2.12. The van der Waals surface area contributed by atoms with E-state index in [4.69, 9.17) is 10.9 Å². The second-order valence-corrected chi connectivity index (χ2v) is 2.30. The summed E-state index contributed by atoms with van der Waals surface area (Å²) in [6.45, 7) is 3.56. The summed E-state index contributed by atoms with van der Waals surface area (Å²) in [6.07, 6.45) is 1.45. The standard InChI is InChI=1S/C6H10N6O2/c1-2-3-12(14)6-9-4(7)8-5(10-6)11-13/h2,13-14H,1,3H2,(H3,7,8,9,10,11). The molecule has 8 heteroatoms. The number of nitrogens with zero attached hydrogens (tertiary/aromatic N) is 4. The summed E-state index contributed by atoms with van der Waals surface area (Å²) in [6, 6.07) is 0. The molecule has 0 amide bonds. The molecule has 0 aromatic carbocycles. The summed E-state index contributed by atoms with van der Waals surface area (Å²) in [5.41, 5.74) is 6.99. The van der Waals surface area contributed by atoms with Crippen LogP contribution in [-0.2, 0) is 0 Å². The van der Waals surface area contributed by atoms with Crippen LogP contribution in [0.2, 0.25) is 0 Å². The number of hydrogen-bond acceptors (Lipinski definition) is 8. The zero-order chi connectivity index (χ0) is 10.6. The smallest absolute Gasteiger partial charge is 0.256 e. The molecule has 0 aliphatic carbocycles. The average molecular weight is 198 g/mol. The van der Waals surface area contributed by atoms with E-state index in [1.54, 1.807) is 5.48 Å². The molecule has 0 unspecified atom stereocenters. The zero-order valence-electron chi connectivity index (χ0n) is 7.25. The van der Waals surface area contributed by atoms with Gasteiger partial charge in [0.25, 0.3) is 11.9 Å². The summed E-state index contributed by atoms with van der Waals surface area (Å²) < 4.78 is 0. The largest absolute Gasteiger partial charge is 0.368 e. The van der Waals surface area contributed by atoms with E-state index in [0.717, 1.165) is 0 Å². The van der Waals surface area contributed by atoms with Crippen molar-refractivity contribution in [2.45, 2.75) is 0 Å². The minimum absolute atomic E-state index is 0.0750. The average Bonchev–Trinajstić information content (AvgIpc) is 2.17. The van der Waals surface area contributed by atoms with Gasteiger partial charge in [-0.1, -0.05) is 6.08 Å². The van der Waals surface area contributed by atoms with E-state index in [0.29, 0.717) is 5.06 Å². The fourth-order valence-electron chi connectivity index (χ4n) is 0.750. The summed E-state index contributed by atoms with van der Waals surface area (Å²) in [5.74, 6) is -0.334. The lowest BCUT2D eigenvalue weighted by atomic mass is 10.6. The van der Waals surface area contributed by atoms with Gasteiger partial charge < -0.3 is 5.73 Å². The molecule has 0 spiro atoms. The minimum Gasteiger partial charge on any atom is -0.368 e. The highest BCUT2D eigenvalue weighted by molar-refractivity contribution is 5.39. The van der Waals surface area contributed by atoms with Gasteiger partial charge in [0.1, 0.15) is 0 Å². The van der Waals surface area contributed by atoms with Crippen LogP contribution in [0.25, 0.3) is 0 Å². The number of anilines is 3. The van der Waals surface area contributed by atoms with Crippen molar-refractivity contribution in [3.63, 3.8) is 0 Å². The molecule has 0 saturated heterocycles. The Kier molecular flexibility index (Phi) is 3.15. The van der Waals surface area contributed by atoms with Crippen molar-refractivity contribution in [1.82, 2.24) is 15.0 Å². The maximum Gasteiger partial charge on any atom is 0.256 e. The van der Waals surface area contributed by atoms with E-state index in [-0.39, 0.29) is 24.4 Å². The molecule has 1 aromatic heterocycles. The SMILES string of the molecule is C=CCN(O)c1nc(N)nc(NO)n1. The number of hydroxylamine groups is 1. The van der Waals surface area contributed by atoms with Gasteiger partial charge in [-0.25, -0.2) is 10.5 Å². The van der Waals surface area contributed by atoms with Gasteiger partial charge in [-0.15, -0.1) is 6.58 Å². The number of rotatable bonds is 4. The van der Waals surface area contributed by atoms with Gasteiger partial charge in [-0.05, 0) is 0 Å². The van der Waals surface area contributed by atoms with Crippen molar-refractivity contribution in [2.24, 2.45) is 0 Å². The molecule has 1 aromatic rings. The van der Waals surface area contributed by atoms with Crippen LogP contribution < -0.4 is 16.3 Å². The number of nitrogens with two attached hydrogens (primary N) is 1. The Morgan fingerprint density at radius 3 is 2.79 bits per heavy atom. The summed E-state index contributed by atoms with van der Waals surface area (Å²) in [5, 5.41) is 18.5. The Hall–Kier alpha value is -1.93. The van der Waals surface area contributed by atoms with Gasteiger partial charge in [0, 0.05) is 0 Å². The maximum atomic E-state index is 9.31. The topological polar surface area (TPSA) is 120 Å². The van der Waals surface area contributed by atoms with Crippen LogP contribution in [-0.4, -0.2) is 31.9 Å². The first kappa shape index (κ1) is 10.2. The number of hydrogen-bond donors (Lipinski definition) is 4. The lowest BCUT2D eigenvalue weighted by molar-refractivity contribution is 0.259. The van der Waals surface area contributed by atoms with Gasteiger partial charge in [0.2, 0.25) is 5.95 Å². The first-order valence-electron chi connectivity index (χ1n) is 3.66. The molecule has 0 bridgehead atoms. The Balaban J connectivity index is 2.96. The van der Waals surface area contributed by atoms with Crippen molar-refractivity contribution in [3.8, 4) is 0 Å². The predicted molar refractivity (Wildman–Crippen MR) is 49.0 cm³/mol. The number of aromatic nitrogens is 3. The van der Waals surface area contributed by atoms with Gasteiger partial charge in [-0.2, -0.15) is 15.0 Å². The zero-order valence-corrected chi connectivity index (χ0v) is 7.25. The Morgan fingerprint density at radius 1 is 1.50 bits per heavy atom. The molecular formula is C6H10N6O2. The maximum absolute atomic E-state index is 9.31. The number of nitrogens with one attached hydrogen (secondary N) is 1. The normalized spacial score (nSPS) is 9.57. The summed E-state index contributed by atoms with van der Waals surface area (Å²) in [7, 11) is 0. The third kappa shape index (κ3) is 2.28. The Bertz CT molecular complexity index is 330. The van der Waals surface area contributed by atoms with Gasteiger partial charge in [-0.3, -0.25) is 10.4 Å². The lowest BCUT2D eigenvalue weighted by Crippen LogP contribution is -2.21. The predicted octanol–water partition coefficient (Wildman–Crippen LogP) is -0.364. The highest BCUT2D eigenvalue weighted by Gasteiger charge is 2.08. The van der Waals surface area contributed by atoms with Crippen LogP contribution in [0.3, 0.4) is 0 Å². The van der Waals surface area contributed by atoms with E-state index < -0.39 is 0 Å². The van der Waals surface area contributed by atoms with Crippen molar-refractivity contribution in [2.75, 3.05) is 22.8 Å². The van der Waals surface area contributed by atoms with Crippen molar-refractivity contribution in [3.05, 3.63) is 12.7 Å². The van der Waals surface area contributed by atoms with Crippen LogP contribution in [0, 0.1) is 0 Å². The minimum atomic E-state index is -0.143. The molecule has 0 aliphatic heterocycles. The molecule has 0 radical (unpaired) electrons. The summed E-state index contributed by atoms with van der Waals surface area (Å²) >= 11 is 0. The summed E-state index contributed by atoms with van der Waals surface area (Å²) in [4.78, 5) is 10.8. The molecule has 0 fully saturated rings. The van der Waals surface area contributed by atoms with Crippen LogP contribution in [0.5, 0.6) is 0 Å². The van der Waals surface area contributed by atoms with E-state index >= 15 is 0 Å². The number of nitrogen functional groups attached to an aromatic ring is 1. The third-order valence-corrected chi connectivity index (χ3v) is 1.27. The highest BCUT2D eigenvalue weighted by atomic mass is 16.5. The van der Waals surface area contributed by atoms with Gasteiger partial charge in [0.15, 0.2) is 0 Å². The molecule has 1 heterocycles. The molecule has 8 nitrogen and oxygen atoms in total. The molecule has 1 rings (SSSR count). The van der Waals surface area contributed by atoms with Crippen molar-refractivity contribution >= 4 is 17.8 Å². The fraction of sp³-hybridized carbons (Fsp3) is 0.167. The second-order valence-electron chi connectivity index (χ2n) is 2.30. The van der Waals surface area contributed by atoms with E-state index in [2.05, 4.69) is 21.5 Å². The van der Waals surface area contributed by atoms with Gasteiger partial charge in [0.05, 0.1) is 6.54 Å². The van der Waals surface area contributed by atoms with E-state index in [9.17, 15) is 5.21 Å². The first-order valence-corrected chi connectivity index (χ1v) is 3.66. The van der Waals surface area contributed by atoms with Crippen molar-refractivity contribution < 1.29 is 10.4 Å². The van der Waals surface area contributed by atoms with Crippen LogP contribution in [0.15, 0.2) is 12.7 Å². The molecule has 0 aliphatic rings. The molecule has 0 saturated carbocycles. The third-order valence-electron chi connectivity index (χ3n) is 1.27. The first-order chi connectivity index (χ1) is 6.67. The monoisotopic (exact) mass is 198 g/mol. The van der Waals surface area contributed by atoms with Gasteiger partial charge >= 0.3 is 0 Å². The fourth-order valence-corrected chi connectivity index (χ4v) is 0.750. The molecule has 5 N–H and O–H groups in total. The van der Waals surface area contributed by atoms with Crippen LogP contribution in [0.1, 0.15) is 0 Å². The molecule has 0 atom stereocenters. The molecule has 76 valence electrons. The molecular weight excluding hydrogens is 188 g/mol. The van der Waals surface area contributed by atoms with E-state index in [1.165, 1.54) is 6.08 Å². The van der Waals surface area contributed by atoms with Crippen molar-refractivity contribution in [1.29, 1.82) is 0 Å². The van der Waals surface area contributed by atoms with E-state index in [1.807, 2.05) is 0 Å². The van der Waals surface area contributed by atoms with Crippen LogP contribution >= 0.6 is 0 Å². The highest BCUT2D eigenvalue weighted by Crippen LogP contribution is 2.09. The Labute approximate surface area is 79.6 Å². The molecule has 14 heavy (non-hydrogen) atoms. The quantitative estimate of drug-likeness (QED) is 0.382. The van der Waals surface area contributed by atoms with Crippen LogP contribution in [0.4, 0.5) is 17.8 Å².